The van der Waals surface area contributed by atoms with Gasteiger partial charge >= 0.3 is 11.9 Å². The molecule has 0 aromatic heterocycles. The van der Waals surface area contributed by atoms with Gasteiger partial charge in [0.1, 0.15) is 0 Å². The van der Waals surface area contributed by atoms with Crippen LogP contribution in [-0.2, 0) is 30.3 Å². The molecule has 1 aromatic carbocycles. The number of esters is 2. The van der Waals surface area contributed by atoms with Crippen molar-refractivity contribution >= 4 is 17.8 Å². The molecule has 0 aliphatic carbocycles. The number of hydrogen-bond donors (Lipinski definition) is 2. The standard InChI is InChI=1S/C16H22N2O5/c1-3-22-14(20)16(15(21)23-4-2,18-13(19)11-17)10-12-8-6-5-7-9-12/h5-9H,3-4,10-11,17H2,1-2H3,(H,18,19). The number of nitrogens with two attached hydrogens (primary N) is 1. The maximum Gasteiger partial charge on any atom is 0.344 e. The Bertz CT molecular complexity index is 527. The Labute approximate surface area is 135 Å². The molecule has 0 heterocycles. The molecule has 0 saturated heterocycles. The third kappa shape index (κ3) is 4.79. The number of hydrogen-bond acceptors (Lipinski definition) is 6. The Kier molecular flexibility index (Phi) is 7.21. The van der Waals surface area contributed by atoms with Crippen LogP contribution in [0.2, 0.25) is 0 Å². The van der Waals surface area contributed by atoms with Crippen molar-refractivity contribution in [3.8, 4) is 0 Å². The average Bonchev–Trinajstić information content (AvgIpc) is 2.55. The minimum Gasteiger partial charge on any atom is -0.464 e. The Morgan fingerprint density at radius 1 is 1.04 bits per heavy atom. The zero-order valence-corrected chi connectivity index (χ0v) is 13.3. The monoisotopic (exact) mass is 322 g/mol. The summed E-state index contributed by atoms with van der Waals surface area (Å²) in [5.74, 6) is -2.39. The van der Waals surface area contributed by atoms with Gasteiger partial charge in [-0.2, -0.15) is 0 Å². The molecule has 126 valence electrons. The van der Waals surface area contributed by atoms with Gasteiger partial charge in [-0.3, -0.25) is 4.79 Å². The highest BCUT2D eigenvalue weighted by Crippen LogP contribution is 2.18. The van der Waals surface area contributed by atoms with E-state index in [1.54, 1.807) is 44.2 Å². The number of carbonyl (C=O) groups is 3. The molecule has 0 radical (unpaired) electrons. The van der Waals surface area contributed by atoms with Crippen LogP contribution < -0.4 is 11.1 Å². The van der Waals surface area contributed by atoms with Crippen molar-refractivity contribution in [2.45, 2.75) is 25.8 Å². The van der Waals surface area contributed by atoms with Gasteiger partial charge in [-0.05, 0) is 19.4 Å². The van der Waals surface area contributed by atoms with E-state index in [0.29, 0.717) is 5.56 Å². The summed E-state index contributed by atoms with van der Waals surface area (Å²) in [7, 11) is 0. The first-order valence-electron chi connectivity index (χ1n) is 7.39. The lowest BCUT2D eigenvalue weighted by atomic mass is 9.90. The SMILES string of the molecule is CCOC(=O)C(Cc1ccccc1)(NC(=O)CN)C(=O)OCC. The molecule has 0 aliphatic heterocycles. The maximum absolute atomic E-state index is 12.5. The number of carbonyl (C=O) groups excluding carboxylic acids is 3. The van der Waals surface area contributed by atoms with E-state index in [9.17, 15) is 14.4 Å². The number of ether oxygens (including phenoxy) is 2. The topological polar surface area (TPSA) is 108 Å². The van der Waals surface area contributed by atoms with E-state index in [2.05, 4.69) is 5.32 Å². The smallest absolute Gasteiger partial charge is 0.344 e. The fraction of sp³-hybridized carbons (Fsp3) is 0.438. The number of nitrogens with one attached hydrogen (secondary N) is 1. The molecule has 23 heavy (non-hydrogen) atoms. The molecule has 7 nitrogen and oxygen atoms in total. The summed E-state index contributed by atoms with van der Waals surface area (Å²) >= 11 is 0. The highest BCUT2D eigenvalue weighted by Gasteiger charge is 2.50. The van der Waals surface area contributed by atoms with E-state index >= 15 is 0 Å². The first-order chi connectivity index (χ1) is 11.0. The fourth-order valence-corrected chi connectivity index (χ4v) is 2.07. The summed E-state index contributed by atoms with van der Waals surface area (Å²) in [5, 5.41) is 2.38. The predicted octanol–water partition coefficient (Wildman–Crippen LogP) is 0.169. The van der Waals surface area contributed by atoms with Crippen LogP contribution >= 0.6 is 0 Å². The van der Waals surface area contributed by atoms with Crippen LogP contribution in [-0.4, -0.2) is 43.1 Å². The van der Waals surface area contributed by atoms with E-state index in [1.807, 2.05) is 0 Å². The molecule has 0 spiro atoms. The zero-order valence-electron chi connectivity index (χ0n) is 13.3. The Morgan fingerprint density at radius 3 is 2.00 bits per heavy atom. The third-order valence-corrected chi connectivity index (χ3v) is 3.10. The maximum atomic E-state index is 12.5. The summed E-state index contributed by atoms with van der Waals surface area (Å²) in [5.41, 5.74) is 4.02. The van der Waals surface area contributed by atoms with Gasteiger partial charge in [0.15, 0.2) is 0 Å². The summed E-state index contributed by atoms with van der Waals surface area (Å²) < 4.78 is 9.99. The van der Waals surface area contributed by atoms with E-state index in [-0.39, 0.29) is 26.2 Å². The zero-order chi connectivity index (χ0) is 17.3. The van der Waals surface area contributed by atoms with Gasteiger partial charge in [0.05, 0.1) is 19.8 Å². The van der Waals surface area contributed by atoms with Gasteiger partial charge < -0.3 is 20.5 Å². The van der Waals surface area contributed by atoms with Gasteiger partial charge in [0.25, 0.3) is 0 Å². The number of amides is 1. The summed E-state index contributed by atoms with van der Waals surface area (Å²) in [6.45, 7) is 2.98. The summed E-state index contributed by atoms with van der Waals surface area (Å²) in [4.78, 5) is 36.7. The molecule has 0 fully saturated rings. The molecule has 7 heteroatoms. The molecule has 0 atom stereocenters. The van der Waals surface area contributed by atoms with Crippen LogP contribution in [0.15, 0.2) is 30.3 Å². The summed E-state index contributed by atoms with van der Waals surface area (Å²) in [6, 6.07) is 8.81. The number of rotatable bonds is 8. The second-order valence-corrected chi connectivity index (χ2v) is 4.76. The molecule has 0 saturated carbocycles. The molecule has 0 aliphatic rings. The Balaban J connectivity index is 3.28. The van der Waals surface area contributed by atoms with E-state index < -0.39 is 23.4 Å². The van der Waals surface area contributed by atoms with Crippen molar-refractivity contribution in [2.24, 2.45) is 5.73 Å². The first-order valence-corrected chi connectivity index (χ1v) is 7.39. The Hall–Kier alpha value is -2.41. The van der Waals surface area contributed by atoms with Gasteiger partial charge in [-0.1, -0.05) is 30.3 Å². The minimum atomic E-state index is -1.95. The van der Waals surface area contributed by atoms with Crippen molar-refractivity contribution in [2.75, 3.05) is 19.8 Å². The largest absolute Gasteiger partial charge is 0.464 e. The fourth-order valence-electron chi connectivity index (χ4n) is 2.07. The molecular formula is C16H22N2O5. The van der Waals surface area contributed by atoms with Crippen LogP contribution in [0.25, 0.3) is 0 Å². The van der Waals surface area contributed by atoms with Gasteiger partial charge in [-0.25, -0.2) is 9.59 Å². The van der Waals surface area contributed by atoms with Gasteiger partial charge in [0, 0.05) is 6.42 Å². The van der Waals surface area contributed by atoms with Crippen molar-refractivity contribution in [3.63, 3.8) is 0 Å². The first kappa shape index (κ1) is 18.6. The second-order valence-electron chi connectivity index (χ2n) is 4.76. The molecule has 3 N–H and O–H groups in total. The van der Waals surface area contributed by atoms with Crippen molar-refractivity contribution in [1.29, 1.82) is 0 Å². The number of benzene rings is 1. The predicted molar refractivity (Wildman–Crippen MR) is 83.3 cm³/mol. The highest BCUT2D eigenvalue weighted by molar-refractivity contribution is 6.08. The van der Waals surface area contributed by atoms with Crippen LogP contribution in [0, 0.1) is 0 Å². The molecular weight excluding hydrogens is 300 g/mol. The third-order valence-electron chi connectivity index (χ3n) is 3.10. The molecule has 1 rings (SSSR count). The van der Waals surface area contributed by atoms with Crippen LogP contribution in [0.5, 0.6) is 0 Å². The lowest BCUT2D eigenvalue weighted by Crippen LogP contribution is -2.63. The minimum absolute atomic E-state index is 0.0628. The second kappa shape index (κ2) is 8.89. The lowest BCUT2D eigenvalue weighted by molar-refractivity contribution is -0.168. The normalized spacial score (nSPS) is 10.7. The van der Waals surface area contributed by atoms with Gasteiger partial charge in [-0.15, -0.1) is 0 Å². The van der Waals surface area contributed by atoms with Crippen molar-refractivity contribution < 1.29 is 23.9 Å². The quantitative estimate of drug-likeness (QED) is 0.522. The highest BCUT2D eigenvalue weighted by atomic mass is 16.6. The van der Waals surface area contributed by atoms with Crippen LogP contribution in [0.4, 0.5) is 0 Å². The van der Waals surface area contributed by atoms with Gasteiger partial charge in [0.2, 0.25) is 11.4 Å². The van der Waals surface area contributed by atoms with Crippen molar-refractivity contribution in [1.82, 2.24) is 5.32 Å². The average molecular weight is 322 g/mol. The van der Waals surface area contributed by atoms with Crippen LogP contribution in [0.1, 0.15) is 19.4 Å². The van der Waals surface area contributed by atoms with E-state index in [1.165, 1.54) is 0 Å². The lowest BCUT2D eigenvalue weighted by Gasteiger charge is -2.30. The molecule has 0 bridgehead atoms. The Morgan fingerprint density at radius 2 is 1.57 bits per heavy atom. The summed E-state index contributed by atoms with van der Waals surface area (Å²) in [6.07, 6.45) is -0.0861. The van der Waals surface area contributed by atoms with E-state index in [4.69, 9.17) is 15.2 Å². The molecule has 0 unspecified atom stereocenters. The molecule has 1 amide bonds. The van der Waals surface area contributed by atoms with Crippen molar-refractivity contribution in [3.05, 3.63) is 35.9 Å². The van der Waals surface area contributed by atoms with Crippen LogP contribution in [0.3, 0.4) is 0 Å². The molecule has 1 aromatic rings. The van der Waals surface area contributed by atoms with E-state index in [0.717, 1.165) is 0 Å².